The maximum Gasteiger partial charge on any atom is 0.503 e. The standard InChI is InChI=1S/CH2O3.H3N.H2O4S/c2-1(3)4;;1-5(2,3)4/h(H2,2,3,4);1H3;(H2,1,2,3,4). The van der Waals surface area contributed by atoms with Crippen LogP contribution >= 0.6 is 0 Å². The van der Waals surface area contributed by atoms with Crippen molar-refractivity contribution in [1.82, 2.24) is 6.15 Å². The Hall–Kier alpha value is -0.900. The van der Waals surface area contributed by atoms with Gasteiger partial charge < -0.3 is 16.4 Å². The fraction of sp³-hybridized carbons (Fsp3) is 0. The first-order valence-corrected chi connectivity index (χ1v) is 2.75. The molecule has 8 nitrogen and oxygen atoms in total. The van der Waals surface area contributed by atoms with Gasteiger partial charge in [0.2, 0.25) is 0 Å². The van der Waals surface area contributed by atoms with E-state index in [2.05, 4.69) is 0 Å². The molecule has 0 aromatic heterocycles. The third kappa shape index (κ3) is 326. The Labute approximate surface area is 56.3 Å². The number of rotatable bonds is 0. The van der Waals surface area contributed by atoms with Crippen molar-refractivity contribution in [1.29, 1.82) is 0 Å². The van der Waals surface area contributed by atoms with Crippen LogP contribution in [0.2, 0.25) is 0 Å². The SMILES string of the molecule is N.O=C(O)O.O=S(=O)(O)O. The molecule has 0 atom stereocenters. The van der Waals surface area contributed by atoms with Crippen LogP contribution in [0.25, 0.3) is 0 Å². The van der Waals surface area contributed by atoms with Crippen LogP contribution in [-0.2, 0) is 10.4 Å². The molecule has 7 N–H and O–H groups in total. The summed E-state index contributed by atoms with van der Waals surface area (Å²) in [7, 11) is -4.67. The van der Waals surface area contributed by atoms with E-state index in [1.54, 1.807) is 0 Å². The lowest BCUT2D eigenvalue weighted by atomic mass is 11.5. The minimum absolute atomic E-state index is 0. The van der Waals surface area contributed by atoms with Gasteiger partial charge in [-0.2, -0.15) is 8.42 Å². The van der Waals surface area contributed by atoms with Gasteiger partial charge in [0.05, 0.1) is 0 Å². The largest absolute Gasteiger partial charge is 0.503 e. The summed E-state index contributed by atoms with van der Waals surface area (Å²) in [6.45, 7) is 0. The summed E-state index contributed by atoms with van der Waals surface area (Å²) in [5.41, 5.74) is 0. The fourth-order valence-electron chi connectivity index (χ4n) is 0. The van der Waals surface area contributed by atoms with Crippen molar-refractivity contribution in [3.05, 3.63) is 0 Å². The first-order valence-electron chi connectivity index (χ1n) is 1.35. The Bertz CT molecular complexity index is 156. The lowest BCUT2D eigenvalue weighted by molar-refractivity contribution is 0.137. The van der Waals surface area contributed by atoms with Crippen molar-refractivity contribution in [3.63, 3.8) is 0 Å². The van der Waals surface area contributed by atoms with Crippen LogP contribution in [0, 0.1) is 0 Å². The summed E-state index contributed by atoms with van der Waals surface area (Å²) < 4.78 is 31.6. The molecule has 0 aromatic carbocycles. The van der Waals surface area contributed by atoms with Crippen molar-refractivity contribution in [2.45, 2.75) is 0 Å². The molecule has 0 radical (unpaired) electrons. The zero-order valence-corrected chi connectivity index (χ0v) is 5.45. The molecular formula is CH7NO7S. The second kappa shape index (κ2) is 6.22. The van der Waals surface area contributed by atoms with Crippen LogP contribution in [0.5, 0.6) is 0 Å². The summed E-state index contributed by atoms with van der Waals surface area (Å²) >= 11 is 0. The van der Waals surface area contributed by atoms with Crippen LogP contribution in [0.3, 0.4) is 0 Å². The molecule has 0 saturated carbocycles. The zero-order valence-electron chi connectivity index (χ0n) is 4.63. The number of carbonyl (C=O) groups is 1. The average molecular weight is 177 g/mol. The van der Waals surface area contributed by atoms with Gasteiger partial charge in [0, 0.05) is 0 Å². The molecule has 9 heteroatoms. The van der Waals surface area contributed by atoms with E-state index in [9.17, 15) is 0 Å². The Morgan fingerprint density at radius 1 is 1.10 bits per heavy atom. The van der Waals surface area contributed by atoms with Crippen molar-refractivity contribution >= 4 is 16.6 Å². The fourth-order valence-corrected chi connectivity index (χ4v) is 0. The van der Waals surface area contributed by atoms with Crippen LogP contribution in [-0.4, -0.2) is 33.9 Å². The lowest BCUT2D eigenvalue weighted by Crippen LogP contribution is -1.89. The molecule has 0 heterocycles. The van der Waals surface area contributed by atoms with Gasteiger partial charge in [0.1, 0.15) is 0 Å². The maximum atomic E-state index is 8.74. The predicted molar refractivity (Wildman–Crippen MR) is 29.9 cm³/mol. The van der Waals surface area contributed by atoms with E-state index < -0.39 is 16.6 Å². The first-order chi connectivity index (χ1) is 3.73. The molecule has 10 heavy (non-hydrogen) atoms. The normalized spacial score (nSPS) is 8.20. The van der Waals surface area contributed by atoms with Gasteiger partial charge >= 0.3 is 16.6 Å². The van der Waals surface area contributed by atoms with Gasteiger partial charge in [-0.05, 0) is 0 Å². The third-order valence-electron chi connectivity index (χ3n) is 0. The Morgan fingerprint density at radius 3 is 1.10 bits per heavy atom. The van der Waals surface area contributed by atoms with Crippen molar-refractivity contribution < 1.29 is 32.5 Å². The summed E-state index contributed by atoms with van der Waals surface area (Å²) in [6.07, 6.45) is -1.83. The molecule has 0 bridgehead atoms. The van der Waals surface area contributed by atoms with Gasteiger partial charge in [-0.3, -0.25) is 9.11 Å². The topological polar surface area (TPSA) is 167 Å². The van der Waals surface area contributed by atoms with Crippen molar-refractivity contribution in [3.8, 4) is 0 Å². The molecule has 0 fully saturated rings. The van der Waals surface area contributed by atoms with E-state index in [0.717, 1.165) is 0 Å². The van der Waals surface area contributed by atoms with Crippen LogP contribution in [0.1, 0.15) is 0 Å². The second-order valence-corrected chi connectivity index (χ2v) is 1.63. The molecule has 0 spiro atoms. The van der Waals surface area contributed by atoms with E-state index in [0.29, 0.717) is 0 Å². The van der Waals surface area contributed by atoms with E-state index in [4.69, 9.17) is 32.5 Å². The van der Waals surface area contributed by atoms with E-state index in [1.165, 1.54) is 0 Å². The van der Waals surface area contributed by atoms with Gasteiger partial charge in [0.15, 0.2) is 0 Å². The van der Waals surface area contributed by atoms with E-state index >= 15 is 0 Å². The minimum Gasteiger partial charge on any atom is -0.450 e. The molecule has 0 aliphatic rings. The highest BCUT2D eigenvalue weighted by Gasteiger charge is 1.84. The van der Waals surface area contributed by atoms with Crippen LogP contribution in [0.4, 0.5) is 4.79 Å². The highest BCUT2D eigenvalue weighted by Crippen LogP contribution is 1.59. The first kappa shape index (κ1) is 16.0. The van der Waals surface area contributed by atoms with Gasteiger partial charge in [0.25, 0.3) is 0 Å². The summed E-state index contributed by atoms with van der Waals surface area (Å²) in [4.78, 5) is 8.56. The number of hydrogen-bond acceptors (Lipinski definition) is 4. The Morgan fingerprint density at radius 2 is 1.10 bits per heavy atom. The predicted octanol–water partition coefficient (Wildman–Crippen LogP) is -0.268. The van der Waals surface area contributed by atoms with Crippen LogP contribution < -0.4 is 6.15 Å². The van der Waals surface area contributed by atoms with Gasteiger partial charge in [-0.1, -0.05) is 0 Å². The second-order valence-electron chi connectivity index (χ2n) is 0.730. The van der Waals surface area contributed by atoms with Crippen molar-refractivity contribution in [2.75, 3.05) is 0 Å². The van der Waals surface area contributed by atoms with E-state index in [1.807, 2.05) is 0 Å². The summed E-state index contributed by atoms with van der Waals surface area (Å²) in [5, 5.41) is 13.9. The number of carboxylic acid groups (broad SMARTS) is 2. The lowest BCUT2D eigenvalue weighted by Gasteiger charge is -1.68. The molecule has 0 unspecified atom stereocenters. The quantitative estimate of drug-likeness (QED) is 0.315. The molecule has 0 amide bonds. The van der Waals surface area contributed by atoms with Crippen LogP contribution in [0.15, 0.2) is 0 Å². The summed E-state index contributed by atoms with van der Waals surface area (Å²) in [5.74, 6) is 0. The Kier molecular flexibility index (Phi) is 9.99. The molecule has 0 aliphatic heterocycles. The van der Waals surface area contributed by atoms with Crippen molar-refractivity contribution in [2.24, 2.45) is 0 Å². The highest BCUT2D eigenvalue weighted by molar-refractivity contribution is 7.79. The zero-order chi connectivity index (χ0) is 8.08. The molecule has 0 saturated heterocycles. The monoisotopic (exact) mass is 177 g/mol. The minimum atomic E-state index is -4.67. The third-order valence-corrected chi connectivity index (χ3v) is 0. The van der Waals surface area contributed by atoms with Gasteiger partial charge in [-0.25, -0.2) is 4.79 Å². The average Bonchev–Trinajstić information content (AvgIpc) is 1.19. The molecule has 64 valence electrons. The highest BCUT2D eigenvalue weighted by atomic mass is 32.3. The molecule has 0 aromatic rings. The molecule has 0 rings (SSSR count). The number of hydrogen-bond donors (Lipinski definition) is 5. The molecular weight excluding hydrogens is 170 g/mol. The summed E-state index contributed by atoms with van der Waals surface area (Å²) in [6, 6.07) is 0. The van der Waals surface area contributed by atoms with Gasteiger partial charge in [-0.15, -0.1) is 0 Å². The smallest absolute Gasteiger partial charge is 0.450 e. The maximum absolute atomic E-state index is 8.74. The molecule has 0 aliphatic carbocycles. The Balaban J connectivity index is -0.0000000910. The van der Waals surface area contributed by atoms with E-state index in [-0.39, 0.29) is 6.15 Å².